The molecule has 0 aliphatic heterocycles. The zero-order valence-corrected chi connectivity index (χ0v) is 22.3. The third-order valence-corrected chi connectivity index (χ3v) is 5.87. The number of carbonyl (C=O) groups is 2. The van der Waals surface area contributed by atoms with Crippen LogP contribution in [0.15, 0.2) is 0 Å². The molecule has 0 aromatic rings. The second-order valence-electron chi connectivity index (χ2n) is 9.38. The molecule has 9 nitrogen and oxygen atoms in total. The highest BCUT2D eigenvalue weighted by molar-refractivity contribution is 7.47. The normalized spacial score (nSPS) is 14.5. The van der Waals surface area contributed by atoms with Crippen LogP contribution in [0.3, 0.4) is 0 Å². The molecule has 0 aliphatic rings. The Bertz CT molecular complexity index is 579. The zero-order valence-electron chi connectivity index (χ0n) is 21.4. The van der Waals surface area contributed by atoms with Gasteiger partial charge in [-0.05, 0) is 12.8 Å². The van der Waals surface area contributed by atoms with Gasteiger partial charge >= 0.3 is 19.8 Å². The number of likely N-dealkylation sites (N-methyl/N-ethyl adjacent to an activating group) is 1. The molecule has 0 rings (SSSR count). The summed E-state index contributed by atoms with van der Waals surface area (Å²) in [6.45, 7) is 4.04. The third kappa shape index (κ3) is 21.3. The fourth-order valence-electron chi connectivity index (χ4n) is 2.81. The first kappa shape index (κ1) is 32.0. The molecule has 0 spiro atoms. The molecule has 0 saturated carbocycles. The summed E-state index contributed by atoms with van der Waals surface area (Å²) in [5.41, 5.74) is 0. The third-order valence-electron chi connectivity index (χ3n) is 4.89. The van der Waals surface area contributed by atoms with Crippen LogP contribution in [0.5, 0.6) is 0 Å². The highest BCUT2D eigenvalue weighted by Gasteiger charge is 2.26. The molecule has 1 unspecified atom stereocenters. The Morgan fingerprint density at radius 1 is 0.818 bits per heavy atom. The molecule has 10 heteroatoms. The fourth-order valence-corrected chi connectivity index (χ4v) is 3.55. The van der Waals surface area contributed by atoms with Gasteiger partial charge in [-0.25, -0.2) is 4.57 Å². The van der Waals surface area contributed by atoms with Crippen LogP contribution in [0, 0.1) is 0 Å². The van der Waals surface area contributed by atoms with E-state index >= 15 is 0 Å². The zero-order chi connectivity index (χ0) is 25.2. The van der Waals surface area contributed by atoms with E-state index in [1.54, 1.807) is 0 Å². The lowest BCUT2D eigenvalue weighted by molar-refractivity contribution is -0.870. The van der Waals surface area contributed by atoms with Gasteiger partial charge in [0.05, 0.1) is 27.7 Å². The minimum Gasteiger partial charge on any atom is -0.462 e. The first-order valence-electron chi connectivity index (χ1n) is 12.3. The molecular weight excluding hydrogens is 449 g/mol. The van der Waals surface area contributed by atoms with Crippen LogP contribution in [0.1, 0.15) is 84.5 Å². The summed E-state index contributed by atoms with van der Waals surface area (Å²) in [7, 11) is 1.47. The maximum absolute atomic E-state index is 12.1. The smallest absolute Gasteiger partial charge is 0.462 e. The van der Waals surface area contributed by atoms with E-state index in [9.17, 15) is 19.0 Å². The Labute approximate surface area is 200 Å². The second kappa shape index (κ2) is 18.4. The van der Waals surface area contributed by atoms with Crippen LogP contribution in [0.2, 0.25) is 0 Å². The lowest BCUT2D eigenvalue weighted by Crippen LogP contribution is -2.37. The molecular formula is C23H47NO8P+. The number of quaternary nitrogens is 1. The highest BCUT2D eigenvalue weighted by Crippen LogP contribution is 2.43. The van der Waals surface area contributed by atoms with Crippen LogP contribution in [-0.2, 0) is 32.7 Å². The molecule has 33 heavy (non-hydrogen) atoms. The maximum Gasteiger partial charge on any atom is 0.472 e. The Morgan fingerprint density at radius 3 is 2.00 bits per heavy atom. The van der Waals surface area contributed by atoms with Gasteiger partial charge in [-0.2, -0.15) is 0 Å². The van der Waals surface area contributed by atoms with E-state index in [1.807, 2.05) is 28.1 Å². The van der Waals surface area contributed by atoms with Crippen molar-refractivity contribution < 1.29 is 42.1 Å². The summed E-state index contributed by atoms with van der Waals surface area (Å²) in [5.74, 6) is -0.850. The summed E-state index contributed by atoms with van der Waals surface area (Å²) in [6.07, 6.45) is 8.67. The van der Waals surface area contributed by atoms with E-state index in [4.69, 9.17) is 18.5 Å². The van der Waals surface area contributed by atoms with E-state index in [0.29, 0.717) is 17.4 Å². The lowest BCUT2D eigenvalue weighted by Gasteiger charge is -2.24. The van der Waals surface area contributed by atoms with Crippen molar-refractivity contribution >= 4 is 19.8 Å². The first-order valence-corrected chi connectivity index (χ1v) is 13.8. The molecule has 0 fully saturated rings. The van der Waals surface area contributed by atoms with Gasteiger partial charge in [0.2, 0.25) is 0 Å². The number of hydrogen-bond acceptors (Lipinski definition) is 7. The summed E-state index contributed by atoms with van der Waals surface area (Å²) in [4.78, 5) is 33.9. The minimum atomic E-state index is -4.32. The number of phosphoric acid groups is 1. The van der Waals surface area contributed by atoms with Crippen molar-refractivity contribution in [3.05, 3.63) is 0 Å². The molecule has 1 N–H and O–H groups in total. The van der Waals surface area contributed by atoms with Gasteiger partial charge in [-0.3, -0.25) is 18.6 Å². The van der Waals surface area contributed by atoms with Crippen molar-refractivity contribution in [2.45, 2.75) is 90.6 Å². The van der Waals surface area contributed by atoms with Gasteiger partial charge in [0.1, 0.15) is 19.8 Å². The Balaban J connectivity index is 4.48. The van der Waals surface area contributed by atoms with Gasteiger partial charge < -0.3 is 18.9 Å². The van der Waals surface area contributed by atoms with Crippen LogP contribution in [-0.4, -0.2) is 74.9 Å². The monoisotopic (exact) mass is 496 g/mol. The fraction of sp³-hybridized carbons (Fsp3) is 0.913. The Kier molecular flexibility index (Phi) is 17.8. The average molecular weight is 497 g/mol. The van der Waals surface area contributed by atoms with Crippen molar-refractivity contribution in [3.63, 3.8) is 0 Å². The molecule has 0 heterocycles. The minimum absolute atomic E-state index is 0.0334. The Morgan fingerprint density at radius 2 is 1.39 bits per heavy atom. The standard InChI is InChI=1S/C23H46NO8P/c1-6-8-10-11-12-13-14-16-22(25)29-19-21(32-23(26)15-9-7-2)20-31-33(27,28)30-18-17-24(3,4)5/h21H,6-20H2,1-5H3/p+1/t21-/m1/s1. The van der Waals surface area contributed by atoms with Crippen LogP contribution in [0.25, 0.3) is 0 Å². The summed E-state index contributed by atoms with van der Waals surface area (Å²) < 4.78 is 33.2. The number of rotatable bonds is 21. The van der Waals surface area contributed by atoms with Crippen molar-refractivity contribution in [2.24, 2.45) is 0 Å². The highest BCUT2D eigenvalue weighted by atomic mass is 31.2. The van der Waals surface area contributed by atoms with Gasteiger partial charge in [-0.1, -0.05) is 58.8 Å². The van der Waals surface area contributed by atoms with Crippen molar-refractivity contribution in [2.75, 3.05) is 47.5 Å². The number of hydrogen-bond donors (Lipinski definition) is 1. The molecule has 0 saturated heterocycles. The predicted molar refractivity (Wildman–Crippen MR) is 128 cm³/mol. The number of nitrogens with zero attached hydrogens (tertiary/aromatic N) is 1. The largest absolute Gasteiger partial charge is 0.472 e. The summed E-state index contributed by atoms with van der Waals surface area (Å²) >= 11 is 0. The first-order chi connectivity index (χ1) is 15.5. The van der Waals surface area contributed by atoms with E-state index in [-0.39, 0.29) is 32.0 Å². The number of unbranched alkanes of at least 4 members (excludes halogenated alkanes) is 7. The van der Waals surface area contributed by atoms with Crippen LogP contribution in [0.4, 0.5) is 0 Å². The number of ether oxygens (including phenoxy) is 2. The van der Waals surface area contributed by atoms with Crippen molar-refractivity contribution in [1.29, 1.82) is 0 Å². The second-order valence-corrected chi connectivity index (χ2v) is 10.8. The lowest BCUT2D eigenvalue weighted by atomic mass is 10.1. The van der Waals surface area contributed by atoms with E-state index in [2.05, 4.69) is 6.92 Å². The maximum atomic E-state index is 12.1. The molecule has 0 bridgehead atoms. The van der Waals surface area contributed by atoms with Crippen LogP contribution >= 0.6 is 7.82 Å². The van der Waals surface area contributed by atoms with E-state index in [0.717, 1.165) is 25.7 Å². The van der Waals surface area contributed by atoms with Gasteiger partial charge in [-0.15, -0.1) is 0 Å². The van der Waals surface area contributed by atoms with Crippen LogP contribution < -0.4 is 0 Å². The number of phosphoric ester groups is 1. The summed E-state index contributed by atoms with van der Waals surface area (Å²) in [5, 5.41) is 0. The van der Waals surface area contributed by atoms with Crippen molar-refractivity contribution in [1.82, 2.24) is 0 Å². The molecule has 0 aromatic carbocycles. The van der Waals surface area contributed by atoms with Crippen molar-refractivity contribution in [3.8, 4) is 0 Å². The Hall–Kier alpha value is -0.990. The topological polar surface area (TPSA) is 108 Å². The molecule has 0 aliphatic carbocycles. The number of esters is 2. The van der Waals surface area contributed by atoms with Gasteiger partial charge in [0.15, 0.2) is 6.10 Å². The molecule has 0 radical (unpaired) electrons. The quantitative estimate of drug-likeness (QED) is 0.106. The predicted octanol–water partition coefficient (Wildman–Crippen LogP) is 4.61. The van der Waals surface area contributed by atoms with Gasteiger partial charge in [0.25, 0.3) is 0 Å². The summed E-state index contributed by atoms with van der Waals surface area (Å²) in [6, 6.07) is 0. The van der Waals surface area contributed by atoms with E-state index in [1.165, 1.54) is 25.7 Å². The van der Waals surface area contributed by atoms with E-state index < -0.39 is 26.5 Å². The van der Waals surface area contributed by atoms with Gasteiger partial charge in [0, 0.05) is 12.8 Å². The molecule has 0 aromatic heterocycles. The molecule has 0 amide bonds. The number of carbonyl (C=O) groups excluding carboxylic acids is 2. The molecule has 196 valence electrons. The average Bonchev–Trinajstić information content (AvgIpc) is 2.72. The molecule has 2 atom stereocenters. The SMILES string of the molecule is CCCCCCCCCC(=O)OC[C@H](COP(=O)(O)OCC[N+](C)(C)C)OC(=O)CCCC.